The molecule has 1 heterocycles. The summed E-state index contributed by atoms with van der Waals surface area (Å²) >= 11 is 0. The van der Waals surface area contributed by atoms with Crippen molar-refractivity contribution in [2.75, 3.05) is 20.8 Å². The molecule has 0 spiro atoms. The number of methoxy groups -OCH3 is 2. The zero-order chi connectivity index (χ0) is 14.4. The van der Waals surface area contributed by atoms with Crippen LogP contribution in [0, 0.1) is 0 Å². The highest BCUT2D eigenvalue weighted by molar-refractivity contribution is 5.67. The van der Waals surface area contributed by atoms with Crippen LogP contribution in [0.3, 0.4) is 0 Å². The first-order chi connectivity index (χ1) is 9.78. The first-order valence-electron chi connectivity index (χ1n) is 6.66. The minimum absolute atomic E-state index is 0.625. The quantitative estimate of drug-likeness (QED) is 0.788. The molecule has 5 heteroatoms. The highest BCUT2D eigenvalue weighted by atomic mass is 16.5. The van der Waals surface area contributed by atoms with Gasteiger partial charge in [0.2, 0.25) is 5.89 Å². The Balaban J connectivity index is 2.22. The van der Waals surface area contributed by atoms with Gasteiger partial charge in [-0.3, -0.25) is 0 Å². The number of ether oxygens (including phenoxy) is 2. The Kier molecular flexibility index (Phi) is 5.01. The van der Waals surface area contributed by atoms with E-state index < -0.39 is 0 Å². The van der Waals surface area contributed by atoms with E-state index >= 15 is 0 Å². The maximum absolute atomic E-state index is 5.75. The van der Waals surface area contributed by atoms with E-state index in [2.05, 4.69) is 17.2 Å². The van der Waals surface area contributed by atoms with Crippen molar-refractivity contribution < 1.29 is 13.9 Å². The SMILES string of the molecule is CCCNCc1ncc(-c2cc(OC)ccc2OC)o1. The zero-order valence-electron chi connectivity index (χ0n) is 12.1. The van der Waals surface area contributed by atoms with E-state index in [1.165, 1.54) is 0 Å². The summed E-state index contributed by atoms with van der Waals surface area (Å²) in [5.41, 5.74) is 0.834. The number of rotatable bonds is 7. The number of hydrogen-bond acceptors (Lipinski definition) is 5. The van der Waals surface area contributed by atoms with Crippen molar-refractivity contribution >= 4 is 0 Å². The molecule has 0 aliphatic heterocycles. The van der Waals surface area contributed by atoms with Gasteiger partial charge in [-0.1, -0.05) is 6.92 Å². The van der Waals surface area contributed by atoms with Crippen molar-refractivity contribution in [2.45, 2.75) is 19.9 Å². The molecule has 0 amide bonds. The number of nitrogens with zero attached hydrogens (tertiary/aromatic N) is 1. The van der Waals surface area contributed by atoms with E-state index in [1.54, 1.807) is 20.4 Å². The second kappa shape index (κ2) is 6.96. The lowest BCUT2D eigenvalue weighted by Gasteiger charge is -2.08. The average molecular weight is 276 g/mol. The molecule has 0 saturated heterocycles. The summed E-state index contributed by atoms with van der Waals surface area (Å²) in [5.74, 6) is 2.82. The third-order valence-corrected chi connectivity index (χ3v) is 2.93. The van der Waals surface area contributed by atoms with Crippen molar-refractivity contribution in [3.8, 4) is 22.8 Å². The van der Waals surface area contributed by atoms with Gasteiger partial charge in [-0.05, 0) is 31.2 Å². The predicted octanol–water partition coefficient (Wildman–Crippen LogP) is 2.86. The molecule has 0 fully saturated rings. The van der Waals surface area contributed by atoms with Crippen LogP contribution < -0.4 is 14.8 Å². The second-order valence-electron chi connectivity index (χ2n) is 4.36. The molecule has 1 N–H and O–H groups in total. The fourth-order valence-corrected chi connectivity index (χ4v) is 1.90. The van der Waals surface area contributed by atoms with Crippen molar-refractivity contribution in [2.24, 2.45) is 0 Å². The van der Waals surface area contributed by atoms with Gasteiger partial charge in [0, 0.05) is 0 Å². The fraction of sp³-hybridized carbons (Fsp3) is 0.400. The molecule has 0 aliphatic rings. The first kappa shape index (κ1) is 14.4. The largest absolute Gasteiger partial charge is 0.497 e. The molecule has 2 aromatic rings. The lowest BCUT2D eigenvalue weighted by molar-refractivity contribution is 0.402. The van der Waals surface area contributed by atoms with Gasteiger partial charge in [-0.15, -0.1) is 0 Å². The van der Waals surface area contributed by atoms with Gasteiger partial charge in [-0.25, -0.2) is 4.98 Å². The fourth-order valence-electron chi connectivity index (χ4n) is 1.90. The van der Waals surface area contributed by atoms with Gasteiger partial charge in [0.15, 0.2) is 5.76 Å². The van der Waals surface area contributed by atoms with Gasteiger partial charge in [0.25, 0.3) is 0 Å². The topological polar surface area (TPSA) is 56.5 Å². The molecular formula is C15H20N2O3. The predicted molar refractivity (Wildman–Crippen MR) is 77.0 cm³/mol. The Morgan fingerprint density at radius 3 is 2.80 bits per heavy atom. The van der Waals surface area contributed by atoms with Crippen molar-refractivity contribution in [1.82, 2.24) is 10.3 Å². The van der Waals surface area contributed by atoms with Crippen LogP contribution in [-0.4, -0.2) is 25.7 Å². The van der Waals surface area contributed by atoms with Crippen LogP contribution >= 0.6 is 0 Å². The summed E-state index contributed by atoms with van der Waals surface area (Å²) in [6.45, 7) is 3.69. The minimum Gasteiger partial charge on any atom is -0.497 e. The van der Waals surface area contributed by atoms with Crippen molar-refractivity contribution in [3.63, 3.8) is 0 Å². The molecule has 0 aliphatic carbocycles. The number of hydrogen-bond donors (Lipinski definition) is 1. The number of nitrogens with one attached hydrogen (secondary N) is 1. The molecule has 1 aromatic carbocycles. The monoisotopic (exact) mass is 276 g/mol. The van der Waals surface area contributed by atoms with Crippen molar-refractivity contribution in [1.29, 1.82) is 0 Å². The molecular weight excluding hydrogens is 256 g/mol. The van der Waals surface area contributed by atoms with Crippen LogP contribution in [0.1, 0.15) is 19.2 Å². The van der Waals surface area contributed by atoms with Crippen LogP contribution in [0.5, 0.6) is 11.5 Å². The summed E-state index contributed by atoms with van der Waals surface area (Å²) in [6, 6.07) is 5.58. The Bertz CT molecular complexity index is 552. The molecule has 0 radical (unpaired) electrons. The molecule has 1 aromatic heterocycles. The molecule has 20 heavy (non-hydrogen) atoms. The Morgan fingerprint density at radius 1 is 1.25 bits per heavy atom. The normalized spacial score (nSPS) is 10.6. The standard InChI is InChI=1S/C15H20N2O3/c1-4-7-16-10-15-17-9-14(20-15)12-8-11(18-2)5-6-13(12)19-3/h5-6,8-9,16H,4,7,10H2,1-3H3. The first-order valence-corrected chi connectivity index (χ1v) is 6.66. The highest BCUT2D eigenvalue weighted by Crippen LogP contribution is 2.33. The van der Waals surface area contributed by atoms with Gasteiger partial charge >= 0.3 is 0 Å². The van der Waals surface area contributed by atoms with E-state index in [-0.39, 0.29) is 0 Å². The molecule has 0 bridgehead atoms. The van der Waals surface area contributed by atoms with E-state index in [0.717, 1.165) is 30.0 Å². The lowest BCUT2D eigenvalue weighted by atomic mass is 10.1. The van der Waals surface area contributed by atoms with Crippen LogP contribution in [-0.2, 0) is 6.54 Å². The summed E-state index contributed by atoms with van der Waals surface area (Å²) in [5, 5.41) is 3.26. The van der Waals surface area contributed by atoms with Crippen LogP contribution in [0.4, 0.5) is 0 Å². The van der Waals surface area contributed by atoms with Gasteiger partial charge in [0.05, 0.1) is 32.5 Å². The van der Waals surface area contributed by atoms with Crippen LogP contribution in [0.15, 0.2) is 28.8 Å². The van der Waals surface area contributed by atoms with Gasteiger partial charge in [0.1, 0.15) is 11.5 Å². The Labute approximate surface area is 118 Å². The molecule has 2 rings (SSSR count). The van der Waals surface area contributed by atoms with E-state index in [9.17, 15) is 0 Å². The zero-order valence-corrected chi connectivity index (χ0v) is 12.1. The Hall–Kier alpha value is -2.01. The summed E-state index contributed by atoms with van der Waals surface area (Å²) < 4.78 is 16.3. The van der Waals surface area contributed by atoms with E-state index in [4.69, 9.17) is 13.9 Å². The molecule has 0 atom stereocenters. The minimum atomic E-state index is 0.625. The summed E-state index contributed by atoms with van der Waals surface area (Å²) in [6.07, 6.45) is 2.79. The third kappa shape index (κ3) is 3.30. The van der Waals surface area contributed by atoms with Gasteiger partial charge in [-0.2, -0.15) is 0 Å². The highest BCUT2D eigenvalue weighted by Gasteiger charge is 2.12. The van der Waals surface area contributed by atoms with Crippen LogP contribution in [0.2, 0.25) is 0 Å². The molecule has 0 saturated carbocycles. The number of benzene rings is 1. The van der Waals surface area contributed by atoms with Gasteiger partial charge < -0.3 is 19.2 Å². The number of oxazole rings is 1. The maximum atomic E-state index is 5.75. The average Bonchev–Trinajstić information content (AvgIpc) is 2.95. The number of aromatic nitrogens is 1. The smallest absolute Gasteiger partial charge is 0.208 e. The lowest BCUT2D eigenvalue weighted by Crippen LogP contribution is -2.13. The Morgan fingerprint density at radius 2 is 2.10 bits per heavy atom. The maximum Gasteiger partial charge on any atom is 0.208 e. The summed E-state index contributed by atoms with van der Waals surface area (Å²) in [4.78, 5) is 4.27. The van der Waals surface area contributed by atoms with E-state index in [1.807, 2.05) is 18.2 Å². The van der Waals surface area contributed by atoms with Crippen LogP contribution in [0.25, 0.3) is 11.3 Å². The van der Waals surface area contributed by atoms with E-state index in [0.29, 0.717) is 18.2 Å². The summed E-state index contributed by atoms with van der Waals surface area (Å²) in [7, 11) is 3.26. The third-order valence-electron chi connectivity index (χ3n) is 2.93. The van der Waals surface area contributed by atoms with Crippen molar-refractivity contribution in [3.05, 3.63) is 30.3 Å². The second-order valence-corrected chi connectivity index (χ2v) is 4.36. The molecule has 0 unspecified atom stereocenters. The molecule has 5 nitrogen and oxygen atoms in total. The molecule has 108 valence electrons.